The molecule has 1 aliphatic rings. The molecule has 140 valence electrons. The fourth-order valence-electron chi connectivity index (χ4n) is 2.67. The molecule has 0 spiro atoms. The number of ether oxygens (including phenoxy) is 2. The lowest BCUT2D eigenvalue weighted by molar-refractivity contribution is -0.139. The summed E-state index contributed by atoms with van der Waals surface area (Å²) < 4.78 is 15.4. The van der Waals surface area contributed by atoms with Crippen LogP contribution in [0.25, 0.3) is 5.76 Å². The molecule has 1 aliphatic carbocycles. The van der Waals surface area contributed by atoms with Gasteiger partial charge in [-0.25, -0.2) is 4.79 Å². The summed E-state index contributed by atoms with van der Waals surface area (Å²) in [5.74, 6) is -2.46. The number of fused-ring (bicyclic) bond motifs is 2. The molecule has 3 rings (SSSR count). The fraction of sp³-hybridized carbons (Fsp3) is 0.250. The quantitative estimate of drug-likeness (QED) is 0.295. The van der Waals surface area contributed by atoms with Crippen molar-refractivity contribution in [3.8, 4) is 0 Å². The second-order valence-electron chi connectivity index (χ2n) is 5.87. The highest BCUT2D eigenvalue weighted by molar-refractivity contribution is 6.27. The third kappa shape index (κ3) is 3.83. The first kappa shape index (κ1) is 18.6. The maximum atomic E-state index is 12.5. The van der Waals surface area contributed by atoms with Crippen molar-refractivity contribution in [2.45, 2.75) is 13.3 Å². The summed E-state index contributed by atoms with van der Waals surface area (Å²) in [6.45, 7) is 2.83. The highest BCUT2D eigenvalue weighted by Crippen LogP contribution is 2.31. The van der Waals surface area contributed by atoms with Crippen molar-refractivity contribution >= 4 is 23.3 Å². The number of hydrogen-bond acceptors (Lipinski definition) is 7. The van der Waals surface area contributed by atoms with Crippen molar-refractivity contribution in [1.82, 2.24) is 0 Å². The predicted octanol–water partition coefficient (Wildman–Crippen LogP) is 2.92. The third-order valence-electron chi connectivity index (χ3n) is 3.93. The molecule has 27 heavy (non-hydrogen) atoms. The van der Waals surface area contributed by atoms with Crippen LogP contribution in [0.1, 0.15) is 51.1 Å². The van der Waals surface area contributed by atoms with Crippen LogP contribution in [0.5, 0.6) is 0 Å². The Morgan fingerprint density at radius 3 is 2.48 bits per heavy atom. The average Bonchev–Trinajstić information content (AvgIpc) is 3.12. The number of hydrogen-bond donors (Lipinski definition) is 1. The van der Waals surface area contributed by atoms with Gasteiger partial charge in [0.05, 0.1) is 18.2 Å². The van der Waals surface area contributed by atoms with Crippen molar-refractivity contribution in [3.63, 3.8) is 0 Å². The van der Waals surface area contributed by atoms with Crippen LogP contribution in [0.3, 0.4) is 0 Å². The Bertz CT molecular complexity index is 868. The molecule has 0 atom stereocenters. The first-order chi connectivity index (χ1) is 13.0. The predicted molar refractivity (Wildman–Crippen MR) is 94.7 cm³/mol. The Balaban J connectivity index is 1.75. The summed E-state index contributed by atoms with van der Waals surface area (Å²) in [4.78, 5) is 36.7. The highest BCUT2D eigenvalue weighted by atomic mass is 16.6. The lowest BCUT2D eigenvalue weighted by Gasteiger charge is -2.11. The first-order valence-corrected chi connectivity index (χ1v) is 8.50. The minimum Gasteiger partial charge on any atom is -0.504 e. The largest absolute Gasteiger partial charge is 0.504 e. The summed E-state index contributed by atoms with van der Waals surface area (Å²) in [6.07, 6.45) is 1.69. The molecule has 1 N–H and O–H groups in total. The zero-order chi connectivity index (χ0) is 19.4. The normalized spacial score (nSPS) is 13.3. The third-order valence-corrected chi connectivity index (χ3v) is 3.93. The van der Waals surface area contributed by atoms with Crippen LogP contribution < -0.4 is 0 Å². The lowest BCUT2D eigenvalue weighted by Crippen LogP contribution is -2.18. The molecule has 0 amide bonds. The van der Waals surface area contributed by atoms with Crippen molar-refractivity contribution in [3.05, 3.63) is 64.6 Å². The molecule has 0 saturated heterocycles. The van der Waals surface area contributed by atoms with Gasteiger partial charge in [0.1, 0.15) is 6.61 Å². The van der Waals surface area contributed by atoms with E-state index in [-0.39, 0.29) is 47.2 Å². The second kappa shape index (κ2) is 8.01. The molecule has 1 aromatic heterocycles. The van der Waals surface area contributed by atoms with Gasteiger partial charge in [0.25, 0.3) is 0 Å². The summed E-state index contributed by atoms with van der Waals surface area (Å²) >= 11 is 0. The van der Waals surface area contributed by atoms with Crippen LogP contribution in [0, 0.1) is 0 Å². The van der Waals surface area contributed by atoms with Crippen molar-refractivity contribution in [2.75, 3.05) is 19.8 Å². The van der Waals surface area contributed by atoms with Crippen LogP contribution in [0.2, 0.25) is 0 Å². The van der Waals surface area contributed by atoms with Crippen LogP contribution in [0.15, 0.2) is 40.8 Å². The topological polar surface area (TPSA) is 103 Å². The number of aliphatic hydroxyl groups excluding tert-OH is 1. The van der Waals surface area contributed by atoms with Crippen LogP contribution in [-0.2, 0) is 14.3 Å². The second-order valence-corrected chi connectivity index (χ2v) is 5.87. The van der Waals surface area contributed by atoms with Gasteiger partial charge in [-0.15, -0.1) is 0 Å². The number of rotatable bonds is 7. The minimum absolute atomic E-state index is 0.0452. The SMILES string of the molecule is CCCOCCOC(=O)/C=C(\O)c1cc2c(o1)C(=O)c1ccccc1C2=O. The zero-order valence-corrected chi connectivity index (χ0v) is 14.7. The average molecular weight is 370 g/mol. The van der Waals surface area contributed by atoms with Crippen LogP contribution >= 0.6 is 0 Å². The van der Waals surface area contributed by atoms with E-state index in [1.807, 2.05) is 6.92 Å². The summed E-state index contributed by atoms with van der Waals surface area (Å²) in [6, 6.07) is 7.65. The molecule has 0 radical (unpaired) electrons. The molecule has 2 aromatic rings. The summed E-state index contributed by atoms with van der Waals surface area (Å²) in [5, 5.41) is 10.1. The number of ketones is 2. The van der Waals surface area contributed by atoms with Gasteiger partial charge in [-0.1, -0.05) is 31.2 Å². The Morgan fingerprint density at radius 1 is 1.07 bits per heavy atom. The zero-order valence-electron chi connectivity index (χ0n) is 14.7. The van der Waals surface area contributed by atoms with Crippen molar-refractivity contribution in [2.24, 2.45) is 0 Å². The molecular formula is C20H18O7. The molecule has 0 aliphatic heterocycles. The highest BCUT2D eigenvalue weighted by Gasteiger charge is 2.33. The number of esters is 1. The van der Waals surface area contributed by atoms with Gasteiger partial charge in [0.2, 0.25) is 5.78 Å². The van der Waals surface area contributed by atoms with Gasteiger partial charge in [-0.05, 0) is 12.5 Å². The van der Waals surface area contributed by atoms with Crippen molar-refractivity contribution in [1.29, 1.82) is 0 Å². The molecule has 0 fully saturated rings. The molecule has 7 heteroatoms. The smallest absolute Gasteiger partial charge is 0.334 e. The van der Waals surface area contributed by atoms with E-state index >= 15 is 0 Å². The fourth-order valence-corrected chi connectivity index (χ4v) is 2.67. The standard InChI is InChI=1S/C20H18O7/c1-2-7-25-8-9-26-17(22)11-15(21)16-10-14-18(23)12-5-3-4-6-13(12)19(24)20(14)27-16/h3-6,10-11,21H,2,7-9H2,1H3/b15-11-. The van der Waals surface area contributed by atoms with E-state index in [2.05, 4.69) is 0 Å². The number of benzene rings is 1. The van der Waals surface area contributed by atoms with E-state index < -0.39 is 17.5 Å². The maximum Gasteiger partial charge on any atom is 0.334 e. The van der Waals surface area contributed by atoms with E-state index in [0.717, 1.165) is 12.5 Å². The van der Waals surface area contributed by atoms with Gasteiger partial charge in [-0.3, -0.25) is 9.59 Å². The van der Waals surface area contributed by atoms with Crippen molar-refractivity contribution < 1.29 is 33.4 Å². The Morgan fingerprint density at radius 2 is 1.78 bits per heavy atom. The summed E-state index contributed by atoms with van der Waals surface area (Å²) in [5.41, 5.74) is 0.568. The Hall–Kier alpha value is -3.19. The first-order valence-electron chi connectivity index (χ1n) is 8.50. The van der Waals surface area contributed by atoms with Gasteiger partial charge in [0, 0.05) is 17.7 Å². The summed E-state index contributed by atoms with van der Waals surface area (Å²) in [7, 11) is 0. The number of aliphatic hydroxyl groups is 1. The minimum atomic E-state index is -0.789. The van der Waals surface area contributed by atoms with Gasteiger partial charge in [0.15, 0.2) is 23.1 Å². The molecule has 1 heterocycles. The van der Waals surface area contributed by atoms with Gasteiger partial charge >= 0.3 is 5.97 Å². The Kier molecular flexibility index (Phi) is 5.52. The Labute approximate surface area is 155 Å². The molecule has 7 nitrogen and oxygen atoms in total. The molecule has 0 bridgehead atoms. The molecular weight excluding hydrogens is 352 g/mol. The van der Waals surface area contributed by atoms with E-state index in [9.17, 15) is 19.5 Å². The van der Waals surface area contributed by atoms with Crippen LogP contribution in [-0.4, -0.2) is 42.5 Å². The maximum absolute atomic E-state index is 12.5. The van der Waals surface area contributed by atoms with Gasteiger partial charge < -0.3 is 19.0 Å². The lowest BCUT2D eigenvalue weighted by atomic mass is 9.88. The molecule has 0 saturated carbocycles. The van der Waals surface area contributed by atoms with E-state index in [1.165, 1.54) is 12.1 Å². The number of furan rings is 1. The number of carbonyl (C=O) groups excluding carboxylic acids is 3. The van der Waals surface area contributed by atoms with Gasteiger partial charge in [-0.2, -0.15) is 0 Å². The number of carbonyl (C=O) groups is 3. The molecule has 0 unspecified atom stereocenters. The van der Waals surface area contributed by atoms with E-state index in [4.69, 9.17) is 13.9 Å². The van der Waals surface area contributed by atoms with E-state index in [1.54, 1.807) is 18.2 Å². The van der Waals surface area contributed by atoms with E-state index in [0.29, 0.717) is 6.61 Å². The monoisotopic (exact) mass is 370 g/mol. The van der Waals surface area contributed by atoms with Crippen LogP contribution in [0.4, 0.5) is 0 Å². The molecule has 1 aromatic carbocycles.